The second kappa shape index (κ2) is 8.44. The van der Waals surface area contributed by atoms with Crippen LogP contribution in [0.1, 0.15) is 6.42 Å². The Kier molecular flexibility index (Phi) is 5.58. The molecule has 5 nitrogen and oxygen atoms in total. The Labute approximate surface area is 165 Å². The fraction of sp³-hybridized carbons (Fsp3) is 0.318. The van der Waals surface area contributed by atoms with Gasteiger partial charge in [0.15, 0.2) is 0 Å². The number of methoxy groups -OCH3 is 1. The maximum absolute atomic E-state index is 13.1. The molecule has 0 saturated carbocycles. The molecule has 1 aliphatic heterocycles. The molecule has 28 heavy (non-hydrogen) atoms. The van der Waals surface area contributed by atoms with Gasteiger partial charge in [-0.15, -0.1) is 0 Å². The Morgan fingerprint density at radius 3 is 2.46 bits per heavy atom. The van der Waals surface area contributed by atoms with Crippen molar-refractivity contribution in [1.82, 2.24) is 14.7 Å². The molecule has 0 atom stereocenters. The van der Waals surface area contributed by atoms with Gasteiger partial charge < -0.3 is 9.64 Å². The molecule has 2 heterocycles. The van der Waals surface area contributed by atoms with E-state index in [1.165, 1.54) is 17.8 Å². The highest BCUT2D eigenvalue weighted by molar-refractivity contribution is 5.58. The summed E-state index contributed by atoms with van der Waals surface area (Å²) >= 11 is 0. The van der Waals surface area contributed by atoms with E-state index in [0.29, 0.717) is 0 Å². The van der Waals surface area contributed by atoms with E-state index in [1.807, 2.05) is 29.1 Å². The Bertz CT molecular complexity index is 892. The van der Waals surface area contributed by atoms with Crippen LogP contribution in [0.2, 0.25) is 0 Å². The molecule has 1 fully saturated rings. The lowest BCUT2D eigenvalue weighted by Gasteiger charge is -2.23. The standard InChI is InChI=1S/C22H25FN4O/c1-28-21-9-7-20(8-10-21)26-13-2-12-25(15-16-26)17-27-14-11-22(24-27)18-3-5-19(23)6-4-18/h3-11,14H,2,12-13,15-17H2,1H3. The van der Waals surface area contributed by atoms with Gasteiger partial charge in [-0.05, 0) is 61.0 Å². The molecular weight excluding hydrogens is 355 g/mol. The second-order valence-electron chi connectivity index (χ2n) is 7.05. The average Bonchev–Trinajstić information content (AvgIpc) is 3.06. The number of rotatable bonds is 5. The molecule has 0 N–H and O–H groups in total. The van der Waals surface area contributed by atoms with E-state index in [4.69, 9.17) is 4.74 Å². The van der Waals surface area contributed by atoms with E-state index in [-0.39, 0.29) is 5.82 Å². The van der Waals surface area contributed by atoms with Crippen molar-refractivity contribution < 1.29 is 9.13 Å². The number of ether oxygens (including phenoxy) is 1. The van der Waals surface area contributed by atoms with E-state index in [1.54, 1.807) is 19.2 Å². The summed E-state index contributed by atoms with van der Waals surface area (Å²) < 4.78 is 20.3. The van der Waals surface area contributed by atoms with Gasteiger partial charge in [0.1, 0.15) is 11.6 Å². The van der Waals surface area contributed by atoms with Crippen LogP contribution >= 0.6 is 0 Å². The highest BCUT2D eigenvalue weighted by Gasteiger charge is 2.16. The van der Waals surface area contributed by atoms with Gasteiger partial charge in [-0.1, -0.05) is 0 Å². The lowest BCUT2D eigenvalue weighted by Crippen LogP contribution is -2.32. The van der Waals surface area contributed by atoms with E-state index in [9.17, 15) is 4.39 Å². The molecule has 0 aliphatic carbocycles. The zero-order chi connectivity index (χ0) is 19.3. The van der Waals surface area contributed by atoms with Gasteiger partial charge in [-0.2, -0.15) is 5.10 Å². The van der Waals surface area contributed by atoms with Gasteiger partial charge >= 0.3 is 0 Å². The summed E-state index contributed by atoms with van der Waals surface area (Å²) in [6.07, 6.45) is 3.10. The number of benzene rings is 2. The molecule has 3 aromatic rings. The molecule has 0 bridgehead atoms. The third-order valence-electron chi connectivity index (χ3n) is 5.15. The fourth-order valence-corrected chi connectivity index (χ4v) is 3.58. The predicted molar refractivity (Wildman–Crippen MR) is 109 cm³/mol. The summed E-state index contributed by atoms with van der Waals surface area (Å²) in [6, 6.07) is 16.7. The van der Waals surface area contributed by atoms with Crippen LogP contribution in [0.4, 0.5) is 10.1 Å². The molecule has 0 radical (unpaired) electrons. The minimum absolute atomic E-state index is 0.228. The van der Waals surface area contributed by atoms with E-state index >= 15 is 0 Å². The first-order valence-electron chi connectivity index (χ1n) is 9.62. The van der Waals surface area contributed by atoms with E-state index < -0.39 is 0 Å². The zero-order valence-corrected chi connectivity index (χ0v) is 16.1. The Morgan fingerprint density at radius 2 is 1.71 bits per heavy atom. The third-order valence-corrected chi connectivity index (χ3v) is 5.15. The van der Waals surface area contributed by atoms with Gasteiger partial charge in [0, 0.05) is 43.6 Å². The van der Waals surface area contributed by atoms with Crippen LogP contribution in [-0.2, 0) is 6.67 Å². The first kappa shape index (κ1) is 18.5. The second-order valence-corrected chi connectivity index (χ2v) is 7.05. The molecule has 1 aromatic heterocycles. The molecule has 1 saturated heterocycles. The maximum atomic E-state index is 13.1. The van der Waals surface area contributed by atoms with Gasteiger partial charge in [0.05, 0.1) is 19.5 Å². The lowest BCUT2D eigenvalue weighted by atomic mass is 10.1. The highest BCUT2D eigenvalue weighted by Crippen LogP contribution is 2.21. The monoisotopic (exact) mass is 380 g/mol. The number of hydrogen-bond acceptors (Lipinski definition) is 4. The van der Waals surface area contributed by atoms with Gasteiger partial charge in [0.2, 0.25) is 0 Å². The number of nitrogens with zero attached hydrogens (tertiary/aromatic N) is 4. The topological polar surface area (TPSA) is 33.5 Å². The Balaban J connectivity index is 1.36. The summed E-state index contributed by atoms with van der Waals surface area (Å²) in [5.41, 5.74) is 3.04. The van der Waals surface area contributed by atoms with Gasteiger partial charge in [-0.25, -0.2) is 4.39 Å². The summed E-state index contributed by atoms with van der Waals surface area (Å²) in [5.74, 6) is 0.657. The minimum atomic E-state index is -0.228. The summed E-state index contributed by atoms with van der Waals surface area (Å²) in [6.45, 7) is 4.81. The van der Waals surface area contributed by atoms with Crippen molar-refractivity contribution in [1.29, 1.82) is 0 Å². The Hall–Kier alpha value is -2.86. The van der Waals surface area contributed by atoms with Gasteiger partial charge in [0.25, 0.3) is 0 Å². The largest absolute Gasteiger partial charge is 0.497 e. The van der Waals surface area contributed by atoms with Crippen molar-refractivity contribution in [2.75, 3.05) is 38.2 Å². The number of anilines is 1. The molecule has 2 aromatic carbocycles. The predicted octanol–water partition coefficient (Wildman–Crippen LogP) is 3.87. The lowest BCUT2D eigenvalue weighted by molar-refractivity contribution is 0.222. The molecule has 0 amide bonds. The van der Waals surface area contributed by atoms with Crippen LogP contribution in [-0.4, -0.2) is 48.0 Å². The summed E-state index contributed by atoms with van der Waals surface area (Å²) in [4.78, 5) is 4.84. The van der Waals surface area contributed by atoms with Crippen LogP contribution in [0.5, 0.6) is 5.75 Å². The molecule has 6 heteroatoms. The van der Waals surface area contributed by atoms with E-state index in [2.05, 4.69) is 27.0 Å². The Morgan fingerprint density at radius 1 is 0.929 bits per heavy atom. The van der Waals surface area contributed by atoms with Crippen molar-refractivity contribution in [3.8, 4) is 17.0 Å². The van der Waals surface area contributed by atoms with Crippen LogP contribution in [0, 0.1) is 5.82 Å². The molecule has 0 spiro atoms. The maximum Gasteiger partial charge on any atom is 0.123 e. The molecule has 4 rings (SSSR count). The highest BCUT2D eigenvalue weighted by atomic mass is 19.1. The SMILES string of the molecule is COc1ccc(N2CCCN(Cn3ccc(-c4ccc(F)cc4)n3)CC2)cc1. The first-order valence-corrected chi connectivity index (χ1v) is 9.62. The van der Waals surface area contributed by atoms with Crippen LogP contribution in [0.15, 0.2) is 60.8 Å². The third kappa shape index (κ3) is 4.34. The van der Waals surface area contributed by atoms with E-state index in [0.717, 1.165) is 56.3 Å². The normalized spacial score (nSPS) is 15.4. The quantitative estimate of drug-likeness (QED) is 0.673. The minimum Gasteiger partial charge on any atom is -0.497 e. The molecule has 0 unspecified atom stereocenters. The molecule has 146 valence electrons. The van der Waals surface area contributed by atoms with Crippen LogP contribution < -0.4 is 9.64 Å². The summed E-state index contributed by atoms with van der Waals surface area (Å²) in [5, 5.41) is 4.66. The molecule has 1 aliphatic rings. The van der Waals surface area contributed by atoms with Crippen LogP contribution in [0.3, 0.4) is 0 Å². The van der Waals surface area contributed by atoms with Crippen molar-refractivity contribution in [2.24, 2.45) is 0 Å². The fourth-order valence-electron chi connectivity index (χ4n) is 3.58. The summed E-state index contributed by atoms with van der Waals surface area (Å²) in [7, 11) is 1.69. The smallest absolute Gasteiger partial charge is 0.123 e. The number of hydrogen-bond donors (Lipinski definition) is 0. The van der Waals surface area contributed by atoms with Gasteiger partial charge in [-0.3, -0.25) is 9.58 Å². The van der Waals surface area contributed by atoms with Crippen molar-refractivity contribution in [3.63, 3.8) is 0 Å². The number of aromatic nitrogens is 2. The number of halogens is 1. The first-order chi connectivity index (χ1) is 13.7. The van der Waals surface area contributed by atoms with Crippen molar-refractivity contribution >= 4 is 5.69 Å². The zero-order valence-electron chi connectivity index (χ0n) is 16.1. The molecular formula is C22H25FN4O. The van der Waals surface area contributed by atoms with Crippen LogP contribution in [0.25, 0.3) is 11.3 Å². The average molecular weight is 380 g/mol. The van der Waals surface area contributed by atoms with Crippen molar-refractivity contribution in [2.45, 2.75) is 13.1 Å². The van der Waals surface area contributed by atoms with Crippen molar-refractivity contribution in [3.05, 3.63) is 66.6 Å².